The summed E-state index contributed by atoms with van der Waals surface area (Å²) in [6, 6.07) is 10.2. The number of benzene rings is 1. The van der Waals surface area contributed by atoms with Crippen molar-refractivity contribution in [3.8, 4) is 11.3 Å². The molecule has 1 aliphatic heterocycles. The maximum atomic E-state index is 13.2. The van der Waals surface area contributed by atoms with Gasteiger partial charge >= 0.3 is 5.97 Å². The fraction of sp³-hybridized carbons (Fsp3) is 0.375. The lowest BCUT2D eigenvalue weighted by Crippen LogP contribution is -2.43. The van der Waals surface area contributed by atoms with E-state index >= 15 is 0 Å². The van der Waals surface area contributed by atoms with Crippen molar-refractivity contribution in [3.05, 3.63) is 58.9 Å². The summed E-state index contributed by atoms with van der Waals surface area (Å²) in [6.45, 7) is 7.05. The monoisotopic (exact) mass is 405 g/mol. The summed E-state index contributed by atoms with van der Waals surface area (Å²) in [4.78, 5) is 31.1. The molecule has 1 fully saturated rings. The van der Waals surface area contributed by atoms with Crippen LogP contribution in [0.15, 0.2) is 36.5 Å². The molecule has 156 valence electrons. The molecule has 30 heavy (non-hydrogen) atoms. The standard InChI is InChI=1S/C24H27N3O3/c1-15-8-9-18(12-17(15)3)22-20(27-11-4-6-16(2)23(27)25-22)13-21(28)26-10-5-7-19(14-26)24(29)30/h4,6,8-9,11-12,19H,5,7,10,13-14H2,1-3H3,(H,29,30). The van der Waals surface area contributed by atoms with Crippen molar-refractivity contribution in [3.63, 3.8) is 0 Å². The smallest absolute Gasteiger partial charge is 0.308 e. The van der Waals surface area contributed by atoms with Crippen LogP contribution in [0.2, 0.25) is 0 Å². The number of hydrogen-bond acceptors (Lipinski definition) is 3. The van der Waals surface area contributed by atoms with Crippen molar-refractivity contribution >= 4 is 17.5 Å². The highest BCUT2D eigenvalue weighted by atomic mass is 16.4. The minimum atomic E-state index is -0.825. The molecule has 1 aromatic carbocycles. The number of aromatic nitrogens is 2. The van der Waals surface area contributed by atoms with E-state index in [9.17, 15) is 14.7 Å². The molecule has 6 nitrogen and oxygen atoms in total. The Kier molecular flexibility index (Phi) is 5.33. The fourth-order valence-electron chi connectivity index (χ4n) is 4.20. The topological polar surface area (TPSA) is 74.9 Å². The zero-order valence-corrected chi connectivity index (χ0v) is 17.7. The Morgan fingerprint density at radius 3 is 2.67 bits per heavy atom. The number of nitrogens with zero attached hydrogens (tertiary/aromatic N) is 3. The quantitative estimate of drug-likeness (QED) is 0.717. The maximum absolute atomic E-state index is 13.2. The first-order valence-corrected chi connectivity index (χ1v) is 10.4. The van der Waals surface area contributed by atoms with Gasteiger partial charge in [-0.2, -0.15) is 0 Å². The molecule has 1 aliphatic rings. The molecular formula is C24H27N3O3. The van der Waals surface area contributed by atoms with Gasteiger partial charge in [0.05, 0.1) is 23.7 Å². The number of pyridine rings is 1. The van der Waals surface area contributed by atoms with Crippen LogP contribution in [0.5, 0.6) is 0 Å². The number of carbonyl (C=O) groups excluding carboxylic acids is 1. The van der Waals surface area contributed by atoms with Crippen LogP contribution in [-0.4, -0.2) is 44.4 Å². The molecule has 1 N–H and O–H groups in total. The van der Waals surface area contributed by atoms with E-state index in [1.54, 1.807) is 4.90 Å². The first-order chi connectivity index (χ1) is 14.3. The van der Waals surface area contributed by atoms with E-state index in [1.807, 2.05) is 29.7 Å². The van der Waals surface area contributed by atoms with Gasteiger partial charge in [0.2, 0.25) is 5.91 Å². The Labute approximate surface area is 176 Å². The van der Waals surface area contributed by atoms with E-state index in [1.165, 1.54) is 11.1 Å². The van der Waals surface area contributed by atoms with Gasteiger partial charge in [-0.3, -0.25) is 9.59 Å². The summed E-state index contributed by atoms with van der Waals surface area (Å²) in [6.07, 6.45) is 3.48. The van der Waals surface area contributed by atoms with E-state index in [2.05, 4.69) is 32.0 Å². The number of piperidine rings is 1. The zero-order valence-electron chi connectivity index (χ0n) is 17.7. The van der Waals surface area contributed by atoms with Gasteiger partial charge in [0, 0.05) is 24.8 Å². The molecule has 0 saturated carbocycles. The summed E-state index contributed by atoms with van der Waals surface area (Å²) >= 11 is 0. The highest BCUT2D eigenvalue weighted by Gasteiger charge is 2.29. The number of carboxylic acid groups (broad SMARTS) is 1. The zero-order chi connectivity index (χ0) is 21.4. The molecule has 0 bridgehead atoms. The lowest BCUT2D eigenvalue weighted by atomic mass is 9.97. The second-order valence-electron chi connectivity index (χ2n) is 8.28. The molecular weight excluding hydrogens is 378 g/mol. The van der Waals surface area contributed by atoms with Crippen LogP contribution in [0, 0.1) is 26.7 Å². The van der Waals surface area contributed by atoms with Gasteiger partial charge in [0.1, 0.15) is 5.65 Å². The van der Waals surface area contributed by atoms with Crippen LogP contribution in [-0.2, 0) is 16.0 Å². The Morgan fingerprint density at radius 1 is 1.13 bits per heavy atom. The van der Waals surface area contributed by atoms with Crippen LogP contribution >= 0.6 is 0 Å². The van der Waals surface area contributed by atoms with Crippen molar-refractivity contribution in [2.45, 2.75) is 40.0 Å². The van der Waals surface area contributed by atoms with Gasteiger partial charge in [0.25, 0.3) is 0 Å². The number of fused-ring (bicyclic) bond motifs is 1. The molecule has 2 aromatic heterocycles. The highest BCUT2D eigenvalue weighted by Crippen LogP contribution is 2.29. The summed E-state index contributed by atoms with van der Waals surface area (Å²) in [5, 5.41) is 9.36. The first-order valence-electron chi connectivity index (χ1n) is 10.4. The van der Waals surface area contributed by atoms with E-state index in [0.717, 1.165) is 34.6 Å². The number of imidazole rings is 1. The number of aliphatic carboxylic acids is 1. The van der Waals surface area contributed by atoms with Gasteiger partial charge in [-0.25, -0.2) is 4.98 Å². The predicted octanol–water partition coefficient (Wildman–Crippen LogP) is 3.79. The Hall–Kier alpha value is -3.15. The van der Waals surface area contributed by atoms with Crippen LogP contribution in [0.4, 0.5) is 0 Å². The molecule has 1 saturated heterocycles. The summed E-state index contributed by atoms with van der Waals surface area (Å²) < 4.78 is 2.00. The SMILES string of the molecule is Cc1ccc(-c2nc3c(C)cccn3c2CC(=O)N2CCCC(C(=O)O)C2)cc1C. The summed E-state index contributed by atoms with van der Waals surface area (Å²) in [7, 11) is 0. The lowest BCUT2D eigenvalue weighted by Gasteiger charge is -2.30. The second-order valence-corrected chi connectivity index (χ2v) is 8.28. The van der Waals surface area contributed by atoms with Gasteiger partial charge < -0.3 is 14.4 Å². The molecule has 3 heterocycles. The van der Waals surface area contributed by atoms with Crippen molar-refractivity contribution in [2.24, 2.45) is 5.92 Å². The number of carboxylic acids is 1. The van der Waals surface area contributed by atoms with E-state index in [0.29, 0.717) is 13.0 Å². The number of amides is 1. The van der Waals surface area contributed by atoms with Crippen molar-refractivity contribution in [1.29, 1.82) is 0 Å². The molecule has 1 unspecified atom stereocenters. The van der Waals surface area contributed by atoms with Crippen LogP contribution in [0.1, 0.15) is 35.2 Å². The van der Waals surface area contributed by atoms with Crippen LogP contribution < -0.4 is 0 Å². The van der Waals surface area contributed by atoms with Crippen molar-refractivity contribution in [2.75, 3.05) is 13.1 Å². The Balaban J connectivity index is 1.74. The number of rotatable bonds is 4. The fourth-order valence-corrected chi connectivity index (χ4v) is 4.20. The molecule has 1 amide bonds. The third-order valence-electron chi connectivity index (χ3n) is 6.17. The highest BCUT2D eigenvalue weighted by molar-refractivity contribution is 5.83. The van der Waals surface area contributed by atoms with E-state index in [-0.39, 0.29) is 18.9 Å². The average molecular weight is 405 g/mol. The van der Waals surface area contributed by atoms with Crippen molar-refractivity contribution < 1.29 is 14.7 Å². The average Bonchev–Trinajstić information content (AvgIpc) is 3.10. The number of likely N-dealkylation sites (tertiary alicyclic amines) is 1. The Morgan fingerprint density at radius 2 is 1.93 bits per heavy atom. The largest absolute Gasteiger partial charge is 0.481 e. The lowest BCUT2D eigenvalue weighted by molar-refractivity contribution is -0.145. The number of aryl methyl sites for hydroxylation is 3. The number of carbonyl (C=O) groups is 2. The Bertz CT molecular complexity index is 1130. The van der Waals surface area contributed by atoms with Crippen LogP contribution in [0.25, 0.3) is 16.9 Å². The van der Waals surface area contributed by atoms with Gasteiger partial charge in [0.15, 0.2) is 0 Å². The molecule has 4 rings (SSSR count). The molecule has 6 heteroatoms. The molecule has 3 aromatic rings. The minimum Gasteiger partial charge on any atom is -0.481 e. The van der Waals surface area contributed by atoms with E-state index < -0.39 is 11.9 Å². The third kappa shape index (κ3) is 3.70. The summed E-state index contributed by atoms with van der Waals surface area (Å²) in [5.41, 5.74) is 6.93. The number of hydrogen-bond donors (Lipinski definition) is 1. The second kappa shape index (κ2) is 7.94. The first kappa shape index (κ1) is 20.1. The molecule has 0 spiro atoms. The third-order valence-corrected chi connectivity index (χ3v) is 6.17. The summed E-state index contributed by atoms with van der Waals surface area (Å²) in [5.74, 6) is -1.35. The molecule has 0 aliphatic carbocycles. The van der Waals surface area contributed by atoms with Crippen LogP contribution in [0.3, 0.4) is 0 Å². The normalized spacial score (nSPS) is 16.8. The van der Waals surface area contributed by atoms with Gasteiger partial charge in [-0.1, -0.05) is 18.2 Å². The van der Waals surface area contributed by atoms with Crippen molar-refractivity contribution in [1.82, 2.24) is 14.3 Å². The molecule has 0 radical (unpaired) electrons. The predicted molar refractivity (Wildman–Crippen MR) is 115 cm³/mol. The molecule has 1 atom stereocenters. The van der Waals surface area contributed by atoms with Gasteiger partial charge in [-0.05, 0) is 62.4 Å². The maximum Gasteiger partial charge on any atom is 0.308 e. The van der Waals surface area contributed by atoms with E-state index in [4.69, 9.17) is 4.98 Å². The minimum absolute atomic E-state index is 0.0469. The van der Waals surface area contributed by atoms with Gasteiger partial charge in [-0.15, -0.1) is 0 Å².